The molecule has 0 aromatic heterocycles. The molecule has 0 saturated heterocycles. The molecule has 0 saturated carbocycles. The van der Waals surface area contributed by atoms with Crippen LogP contribution in [-0.2, 0) is 0 Å². The molecule has 60 valence electrons. The Kier molecular flexibility index (Phi) is 3.66. The molecule has 0 bridgehead atoms. The molecular weight excluding hydrogens is 122 g/mol. The van der Waals surface area contributed by atoms with Gasteiger partial charge in [0.25, 0.3) is 0 Å². The Labute approximate surface area is 64.5 Å². The molecule has 0 aliphatic rings. The van der Waals surface area contributed by atoms with Crippen molar-refractivity contribution in [2.75, 3.05) is 6.54 Å². The van der Waals surface area contributed by atoms with E-state index in [1.54, 1.807) is 0 Å². The third kappa shape index (κ3) is 5.83. The van der Waals surface area contributed by atoms with Crippen LogP contribution in [0.15, 0.2) is 11.6 Å². The quantitative estimate of drug-likeness (QED) is 0.582. The van der Waals surface area contributed by atoms with Crippen LogP contribution in [0.25, 0.3) is 0 Å². The lowest BCUT2D eigenvalue weighted by Crippen LogP contribution is -2.36. The Balaban J connectivity index is 3.56. The summed E-state index contributed by atoms with van der Waals surface area (Å²) in [5.74, 6) is 0. The summed E-state index contributed by atoms with van der Waals surface area (Å²) in [6.07, 6.45) is 2.14. The monoisotopic (exact) mass is 141 g/mol. The van der Waals surface area contributed by atoms with Gasteiger partial charge in [0, 0.05) is 12.1 Å². The average Bonchev–Trinajstić information content (AvgIpc) is 1.81. The van der Waals surface area contributed by atoms with Crippen LogP contribution in [0, 0.1) is 0 Å². The molecule has 0 fully saturated rings. The lowest BCUT2D eigenvalue weighted by atomic mass is 10.1. The minimum atomic E-state index is 0.240. The molecule has 0 unspecified atom stereocenters. The molecule has 0 amide bonds. The van der Waals surface area contributed by atoms with Crippen molar-refractivity contribution < 1.29 is 0 Å². The molecule has 1 nitrogen and oxygen atoms in total. The van der Waals surface area contributed by atoms with E-state index in [1.165, 1.54) is 5.57 Å². The molecule has 0 aromatic carbocycles. The van der Waals surface area contributed by atoms with E-state index in [0.717, 1.165) is 6.54 Å². The van der Waals surface area contributed by atoms with E-state index in [2.05, 4.69) is 46.0 Å². The largest absolute Gasteiger partial charge is 0.308 e. The van der Waals surface area contributed by atoms with Gasteiger partial charge in [0.15, 0.2) is 0 Å². The number of allylic oxidation sites excluding steroid dienone is 1. The molecule has 0 aliphatic carbocycles. The minimum Gasteiger partial charge on any atom is -0.308 e. The SMILES string of the molecule is C/C=C(\C)CNC(C)(C)C. The summed E-state index contributed by atoms with van der Waals surface area (Å²) in [4.78, 5) is 0. The van der Waals surface area contributed by atoms with E-state index in [0.29, 0.717) is 0 Å². The fourth-order valence-electron chi connectivity index (χ4n) is 0.507. The normalized spacial score (nSPS) is 13.9. The second-order valence-electron chi connectivity index (χ2n) is 3.74. The lowest BCUT2D eigenvalue weighted by molar-refractivity contribution is 0.444. The highest BCUT2D eigenvalue weighted by atomic mass is 14.9. The summed E-state index contributed by atoms with van der Waals surface area (Å²) >= 11 is 0. The zero-order chi connectivity index (χ0) is 8.20. The fourth-order valence-corrected chi connectivity index (χ4v) is 0.507. The zero-order valence-corrected chi connectivity index (χ0v) is 7.78. The van der Waals surface area contributed by atoms with E-state index in [1.807, 2.05) is 0 Å². The van der Waals surface area contributed by atoms with Gasteiger partial charge in [0.2, 0.25) is 0 Å². The third-order valence-corrected chi connectivity index (χ3v) is 1.39. The van der Waals surface area contributed by atoms with Crippen LogP contribution in [-0.4, -0.2) is 12.1 Å². The van der Waals surface area contributed by atoms with E-state index >= 15 is 0 Å². The molecule has 0 rings (SSSR count). The van der Waals surface area contributed by atoms with Crippen molar-refractivity contribution in [3.63, 3.8) is 0 Å². The second kappa shape index (κ2) is 3.77. The first-order chi connectivity index (χ1) is 4.45. The first-order valence-corrected chi connectivity index (χ1v) is 3.82. The van der Waals surface area contributed by atoms with Gasteiger partial charge < -0.3 is 5.32 Å². The van der Waals surface area contributed by atoms with E-state index in [4.69, 9.17) is 0 Å². The van der Waals surface area contributed by atoms with Crippen molar-refractivity contribution in [3.8, 4) is 0 Å². The lowest BCUT2D eigenvalue weighted by Gasteiger charge is -2.20. The Bertz CT molecular complexity index is 117. The standard InChI is InChI=1S/C9H19N/c1-6-8(2)7-10-9(3,4)5/h6,10H,7H2,1-5H3/b8-6+. The maximum Gasteiger partial charge on any atom is 0.0166 e. The summed E-state index contributed by atoms with van der Waals surface area (Å²) < 4.78 is 0. The molecule has 0 aliphatic heterocycles. The van der Waals surface area contributed by atoms with Crippen molar-refractivity contribution in [3.05, 3.63) is 11.6 Å². The summed E-state index contributed by atoms with van der Waals surface area (Å²) in [5.41, 5.74) is 1.64. The number of rotatable bonds is 2. The van der Waals surface area contributed by atoms with E-state index in [-0.39, 0.29) is 5.54 Å². The van der Waals surface area contributed by atoms with Crippen LogP contribution in [0.2, 0.25) is 0 Å². The molecule has 0 spiro atoms. The Morgan fingerprint density at radius 1 is 1.40 bits per heavy atom. The predicted molar refractivity (Wildman–Crippen MR) is 47.2 cm³/mol. The van der Waals surface area contributed by atoms with Crippen LogP contribution in [0.3, 0.4) is 0 Å². The summed E-state index contributed by atoms with van der Waals surface area (Å²) in [7, 11) is 0. The van der Waals surface area contributed by atoms with Crippen LogP contribution in [0.5, 0.6) is 0 Å². The fraction of sp³-hybridized carbons (Fsp3) is 0.778. The predicted octanol–water partition coefficient (Wildman–Crippen LogP) is 2.34. The number of nitrogens with one attached hydrogen (secondary N) is 1. The van der Waals surface area contributed by atoms with Gasteiger partial charge in [0.05, 0.1) is 0 Å². The van der Waals surface area contributed by atoms with Crippen LogP contribution in [0.1, 0.15) is 34.6 Å². The van der Waals surface area contributed by atoms with Crippen LogP contribution < -0.4 is 5.32 Å². The molecule has 0 aromatic rings. The van der Waals surface area contributed by atoms with Crippen LogP contribution >= 0.6 is 0 Å². The van der Waals surface area contributed by atoms with Gasteiger partial charge in [-0.25, -0.2) is 0 Å². The molecular formula is C9H19N. The smallest absolute Gasteiger partial charge is 0.0166 e. The molecule has 0 heterocycles. The molecule has 1 N–H and O–H groups in total. The van der Waals surface area contributed by atoms with Crippen molar-refractivity contribution >= 4 is 0 Å². The highest BCUT2D eigenvalue weighted by Gasteiger charge is 2.06. The van der Waals surface area contributed by atoms with Crippen molar-refractivity contribution in [1.82, 2.24) is 5.32 Å². The minimum absolute atomic E-state index is 0.240. The maximum absolute atomic E-state index is 3.40. The molecule has 0 radical (unpaired) electrons. The topological polar surface area (TPSA) is 12.0 Å². The Hall–Kier alpha value is -0.300. The highest BCUT2D eigenvalue weighted by molar-refractivity contribution is 4.98. The molecule has 0 atom stereocenters. The summed E-state index contributed by atoms with van der Waals surface area (Å²) in [6.45, 7) is 11.7. The van der Waals surface area contributed by atoms with Crippen molar-refractivity contribution in [2.24, 2.45) is 0 Å². The van der Waals surface area contributed by atoms with Gasteiger partial charge in [-0.05, 0) is 34.6 Å². The van der Waals surface area contributed by atoms with Gasteiger partial charge >= 0.3 is 0 Å². The summed E-state index contributed by atoms with van der Waals surface area (Å²) in [6, 6.07) is 0. The Morgan fingerprint density at radius 2 is 1.90 bits per heavy atom. The van der Waals surface area contributed by atoms with Crippen molar-refractivity contribution in [1.29, 1.82) is 0 Å². The van der Waals surface area contributed by atoms with Gasteiger partial charge in [-0.2, -0.15) is 0 Å². The van der Waals surface area contributed by atoms with Gasteiger partial charge in [-0.15, -0.1) is 0 Å². The summed E-state index contributed by atoms with van der Waals surface area (Å²) in [5, 5.41) is 3.40. The number of hydrogen-bond donors (Lipinski definition) is 1. The Morgan fingerprint density at radius 3 is 2.20 bits per heavy atom. The zero-order valence-electron chi connectivity index (χ0n) is 7.78. The third-order valence-electron chi connectivity index (χ3n) is 1.39. The average molecular weight is 141 g/mol. The van der Waals surface area contributed by atoms with Crippen molar-refractivity contribution in [2.45, 2.75) is 40.2 Å². The first kappa shape index (κ1) is 9.70. The van der Waals surface area contributed by atoms with Gasteiger partial charge in [0.1, 0.15) is 0 Å². The van der Waals surface area contributed by atoms with E-state index < -0.39 is 0 Å². The number of hydrogen-bond acceptors (Lipinski definition) is 1. The molecule has 10 heavy (non-hydrogen) atoms. The molecule has 1 heteroatoms. The maximum atomic E-state index is 3.40. The van der Waals surface area contributed by atoms with Gasteiger partial charge in [-0.1, -0.05) is 11.6 Å². The second-order valence-corrected chi connectivity index (χ2v) is 3.74. The first-order valence-electron chi connectivity index (χ1n) is 3.82. The van der Waals surface area contributed by atoms with Gasteiger partial charge in [-0.3, -0.25) is 0 Å². The van der Waals surface area contributed by atoms with Crippen LogP contribution in [0.4, 0.5) is 0 Å². The van der Waals surface area contributed by atoms with E-state index in [9.17, 15) is 0 Å². The highest BCUT2D eigenvalue weighted by Crippen LogP contribution is 1.99.